The number of carbonyl (C=O) groups excluding carboxylic acids is 1. The van der Waals surface area contributed by atoms with Crippen LogP contribution < -0.4 is 0 Å². The van der Waals surface area contributed by atoms with Gasteiger partial charge in [0.2, 0.25) is 5.91 Å². The van der Waals surface area contributed by atoms with Gasteiger partial charge in [0, 0.05) is 6.54 Å². The third kappa shape index (κ3) is 2.82. The Morgan fingerprint density at radius 1 is 1.33 bits per heavy atom. The molecule has 0 aromatic heterocycles. The number of fused-ring (bicyclic) bond motifs is 2. The van der Waals surface area contributed by atoms with Gasteiger partial charge in [0.1, 0.15) is 12.1 Å². The van der Waals surface area contributed by atoms with Crippen molar-refractivity contribution < 1.29 is 27.3 Å². The molecule has 3 fully saturated rings. The molecular weight excluding hydrogens is 338 g/mol. The zero-order valence-corrected chi connectivity index (χ0v) is 14.0. The van der Waals surface area contributed by atoms with Crippen LogP contribution in [0.4, 0.5) is 4.79 Å². The first-order valence-corrected chi connectivity index (χ1v) is 9.64. The lowest BCUT2D eigenvalue weighted by Gasteiger charge is -2.38. The molecule has 132 valence electrons. The molecule has 2 amide bonds. The summed E-state index contributed by atoms with van der Waals surface area (Å²) in [6.07, 6.45) is 0.935. The molecule has 0 spiro atoms. The Labute approximate surface area is 139 Å². The van der Waals surface area contributed by atoms with E-state index >= 15 is 0 Å². The highest BCUT2D eigenvalue weighted by Crippen LogP contribution is 2.45. The van der Waals surface area contributed by atoms with Gasteiger partial charge in [-0.3, -0.25) is 13.9 Å². The first-order chi connectivity index (χ1) is 11.2. The number of nitriles is 1. The zero-order chi connectivity index (χ0) is 17.6. The third-order valence-electron chi connectivity index (χ3n) is 5.07. The maximum absolute atomic E-state index is 12.8. The molecule has 2 aliphatic heterocycles. The lowest BCUT2D eigenvalue weighted by molar-refractivity contribution is -0.138. The highest BCUT2D eigenvalue weighted by molar-refractivity contribution is 7.86. The van der Waals surface area contributed by atoms with Gasteiger partial charge in [0.15, 0.2) is 0 Å². The molecule has 1 aliphatic carbocycles. The van der Waals surface area contributed by atoms with Crippen LogP contribution in [0.3, 0.4) is 0 Å². The van der Waals surface area contributed by atoms with E-state index < -0.39 is 40.4 Å². The Kier molecular flexibility index (Phi) is 4.17. The molecule has 9 nitrogen and oxygen atoms in total. The van der Waals surface area contributed by atoms with Gasteiger partial charge in [0.25, 0.3) is 10.1 Å². The molecule has 2 saturated heterocycles. The molecule has 0 unspecified atom stereocenters. The lowest BCUT2D eigenvalue weighted by atomic mass is 9.96. The van der Waals surface area contributed by atoms with Crippen LogP contribution in [-0.2, 0) is 19.1 Å². The van der Waals surface area contributed by atoms with E-state index in [-0.39, 0.29) is 11.8 Å². The van der Waals surface area contributed by atoms with Gasteiger partial charge in [-0.25, -0.2) is 4.79 Å². The highest BCUT2D eigenvalue weighted by atomic mass is 32.2. The molecule has 2 bridgehead atoms. The SMILES string of the molecule is CS(=O)(=O)O[C@@H]1C[C@@H]2C[C@H]1N(C(=O)O)[C@@H]2C(=O)N1CCC[C@H]1C#N. The van der Waals surface area contributed by atoms with Crippen molar-refractivity contribution in [2.75, 3.05) is 12.8 Å². The Hall–Kier alpha value is -1.86. The largest absolute Gasteiger partial charge is 0.465 e. The van der Waals surface area contributed by atoms with Crippen LogP contribution in [0.15, 0.2) is 0 Å². The highest BCUT2D eigenvalue weighted by Gasteiger charge is 2.58. The summed E-state index contributed by atoms with van der Waals surface area (Å²) < 4.78 is 27.7. The summed E-state index contributed by atoms with van der Waals surface area (Å²) in [5, 5.41) is 18.7. The van der Waals surface area contributed by atoms with Crippen LogP contribution in [0.1, 0.15) is 25.7 Å². The van der Waals surface area contributed by atoms with Gasteiger partial charge >= 0.3 is 6.09 Å². The number of amides is 2. The van der Waals surface area contributed by atoms with Crippen LogP contribution in [0.25, 0.3) is 0 Å². The summed E-state index contributed by atoms with van der Waals surface area (Å²) in [5.41, 5.74) is 0. The summed E-state index contributed by atoms with van der Waals surface area (Å²) in [7, 11) is -3.70. The maximum atomic E-state index is 12.8. The molecule has 0 aromatic carbocycles. The normalized spacial score (nSPS) is 35.2. The summed E-state index contributed by atoms with van der Waals surface area (Å²) in [6, 6.07) is 0.0495. The van der Waals surface area contributed by atoms with E-state index in [1.165, 1.54) is 4.90 Å². The molecule has 3 rings (SSSR count). The predicted molar refractivity (Wildman–Crippen MR) is 80.2 cm³/mol. The van der Waals surface area contributed by atoms with Crippen LogP contribution in [-0.4, -0.2) is 72.4 Å². The van der Waals surface area contributed by atoms with Crippen molar-refractivity contribution in [1.29, 1.82) is 5.26 Å². The first-order valence-electron chi connectivity index (χ1n) is 7.82. The van der Waals surface area contributed by atoms with E-state index in [0.29, 0.717) is 25.8 Å². The fraction of sp³-hybridized carbons (Fsp3) is 0.786. The number of rotatable bonds is 3. The second-order valence-electron chi connectivity index (χ2n) is 6.59. The quantitative estimate of drug-likeness (QED) is 0.703. The Bertz CT molecular complexity index is 702. The molecule has 0 aromatic rings. The van der Waals surface area contributed by atoms with Crippen molar-refractivity contribution in [3.8, 4) is 6.07 Å². The molecule has 1 N–H and O–H groups in total. The number of piperidine rings is 1. The summed E-state index contributed by atoms with van der Waals surface area (Å²) in [4.78, 5) is 27.0. The van der Waals surface area contributed by atoms with Gasteiger partial charge in [-0.1, -0.05) is 0 Å². The van der Waals surface area contributed by atoms with Crippen molar-refractivity contribution >= 4 is 22.1 Å². The zero-order valence-electron chi connectivity index (χ0n) is 13.2. The molecule has 24 heavy (non-hydrogen) atoms. The van der Waals surface area contributed by atoms with E-state index in [9.17, 15) is 23.1 Å². The lowest BCUT2D eigenvalue weighted by Crippen LogP contribution is -2.57. The molecule has 10 heteroatoms. The average molecular weight is 357 g/mol. The minimum atomic E-state index is -3.70. The van der Waals surface area contributed by atoms with Crippen LogP contribution in [0.5, 0.6) is 0 Å². The number of likely N-dealkylation sites (tertiary alicyclic amines) is 2. The molecular formula is C14H19N3O6S. The van der Waals surface area contributed by atoms with Crippen LogP contribution in [0.2, 0.25) is 0 Å². The molecule has 2 heterocycles. The number of carboxylic acid groups (broad SMARTS) is 1. The second kappa shape index (κ2) is 5.89. The standard InChI is InChI=1S/C14H19N3O6S/c1-24(21,22)23-11-6-8-5-10(11)17(14(19)20)12(8)13(18)16-4-2-3-9(16)7-15/h8-12H,2-6H2,1H3,(H,19,20)/t8-,9-,10+,11+,12-/m0/s1. The minimum absolute atomic E-state index is 0.287. The molecule has 0 radical (unpaired) electrons. The Morgan fingerprint density at radius 2 is 2.04 bits per heavy atom. The number of carbonyl (C=O) groups is 2. The van der Waals surface area contributed by atoms with Crippen molar-refractivity contribution in [3.05, 3.63) is 0 Å². The van der Waals surface area contributed by atoms with Gasteiger partial charge in [-0.2, -0.15) is 13.7 Å². The monoisotopic (exact) mass is 357 g/mol. The fourth-order valence-electron chi connectivity index (χ4n) is 4.24. The van der Waals surface area contributed by atoms with Crippen LogP contribution >= 0.6 is 0 Å². The number of nitrogens with zero attached hydrogens (tertiary/aromatic N) is 3. The predicted octanol–water partition coefficient (Wildman–Crippen LogP) is -0.0134. The second-order valence-corrected chi connectivity index (χ2v) is 8.19. The van der Waals surface area contributed by atoms with Crippen molar-refractivity contribution in [1.82, 2.24) is 9.80 Å². The maximum Gasteiger partial charge on any atom is 0.408 e. The third-order valence-corrected chi connectivity index (χ3v) is 5.67. The van der Waals surface area contributed by atoms with E-state index in [2.05, 4.69) is 6.07 Å². The van der Waals surface area contributed by atoms with Gasteiger partial charge in [0.05, 0.1) is 24.5 Å². The fourth-order valence-corrected chi connectivity index (χ4v) is 4.90. The first kappa shape index (κ1) is 17.0. The summed E-state index contributed by atoms with van der Waals surface area (Å²) in [6.45, 7) is 0.446. The van der Waals surface area contributed by atoms with Gasteiger partial charge < -0.3 is 10.0 Å². The average Bonchev–Trinajstić information content (AvgIpc) is 3.17. The van der Waals surface area contributed by atoms with Crippen molar-refractivity contribution in [2.45, 2.75) is 49.9 Å². The van der Waals surface area contributed by atoms with Crippen molar-refractivity contribution in [3.63, 3.8) is 0 Å². The number of hydrogen-bond donors (Lipinski definition) is 1. The van der Waals surface area contributed by atoms with Crippen LogP contribution in [0, 0.1) is 17.2 Å². The van der Waals surface area contributed by atoms with E-state index in [4.69, 9.17) is 9.44 Å². The van der Waals surface area contributed by atoms with Gasteiger partial charge in [-0.05, 0) is 31.6 Å². The van der Waals surface area contributed by atoms with E-state index in [0.717, 1.165) is 17.6 Å². The number of hydrogen-bond acceptors (Lipinski definition) is 6. The summed E-state index contributed by atoms with van der Waals surface area (Å²) >= 11 is 0. The summed E-state index contributed by atoms with van der Waals surface area (Å²) in [5.74, 6) is -0.642. The Morgan fingerprint density at radius 3 is 2.62 bits per heavy atom. The van der Waals surface area contributed by atoms with E-state index in [1.54, 1.807) is 0 Å². The van der Waals surface area contributed by atoms with Crippen molar-refractivity contribution in [2.24, 2.45) is 5.92 Å². The molecule has 1 saturated carbocycles. The topological polar surface area (TPSA) is 128 Å². The van der Waals surface area contributed by atoms with E-state index in [1.807, 2.05) is 0 Å². The smallest absolute Gasteiger partial charge is 0.408 e. The molecule has 5 atom stereocenters. The van der Waals surface area contributed by atoms with Gasteiger partial charge in [-0.15, -0.1) is 0 Å². The minimum Gasteiger partial charge on any atom is -0.465 e. The Balaban J connectivity index is 1.82. The molecule has 3 aliphatic rings.